The van der Waals surface area contributed by atoms with Crippen molar-refractivity contribution in [1.29, 1.82) is 0 Å². The number of hydrogen-bond acceptors (Lipinski definition) is 7. The van der Waals surface area contributed by atoms with E-state index in [1.807, 2.05) is 6.20 Å². The predicted molar refractivity (Wildman–Crippen MR) is 87.9 cm³/mol. The summed E-state index contributed by atoms with van der Waals surface area (Å²) in [4.78, 5) is 10.8. The molecule has 1 fully saturated rings. The molecule has 24 heavy (non-hydrogen) atoms. The highest BCUT2D eigenvalue weighted by atomic mass is 16.5. The summed E-state index contributed by atoms with van der Waals surface area (Å²) in [7, 11) is 3.10. The second-order valence-corrected chi connectivity index (χ2v) is 6.25. The van der Waals surface area contributed by atoms with Gasteiger partial charge in [0.1, 0.15) is 0 Å². The van der Waals surface area contributed by atoms with E-state index in [1.54, 1.807) is 17.9 Å². The first-order valence-electron chi connectivity index (χ1n) is 8.23. The van der Waals surface area contributed by atoms with Crippen LogP contribution in [0.1, 0.15) is 31.2 Å². The van der Waals surface area contributed by atoms with Crippen LogP contribution in [0.3, 0.4) is 0 Å². The Morgan fingerprint density at radius 3 is 2.58 bits per heavy atom. The molecule has 0 amide bonds. The molecule has 0 unspecified atom stereocenters. The fourth-order valence-electron chi connectivity index (χ4n) is 2.83. The highest BCUT2D eigenvalue weighted by Crippen LogP contribution is 2.18. The number of piperidine rings is 1. The third kappa shape index (κ3) is 4.19. The molecule has 0 aliphatic carbocycles. The first-order chi connectivity index (χ1) is 11.7. The maximum atomic E-state index is 5.17. The minimum absolute atomic E-state index is 0.284. The Labute approximate surface area is 141 Å². The number of hydrogen-bond donors (Lipinski definition) is 0. The van der Waals surface area contributed by atoms with E-state index in [1.165, 1.54) is 20.0 Å². The molecule has 0 spiro atoms. The molecule has 1 aliphatic heterocycles. The number of rotatable bonds is 6. The van der Waals surface area contributed by atoms with Gasteiger partial charge < -0.3 is 9.47 Å². The lowest BCUT2D eigenvalue weighted by atomic mass is 9.99. The van der Waals surface area contributed by atoms with Crippen molar-refractivity contribution in [2.24, 2.45) is 5.92 Å². The highest BCUT2D eigenvalue weighted by Gasteiger charge is 2.17. The number of aromatic nitrogens is 5. The Balaban J connectivity index is 1.63. The maximum absolute atomic E-state index is 5.17. The zero-order valence-electron chi connectivity index (χ0n) is 14.5. The fourth-order valence-corrected chi connectivity index (χ4v) is 2.83. The molecule has 1 aliphatic rings. The van der Waals surface area contributed by atoms with Crippen LogP contribution in [-0.2, 0) is 13.1 Å². The van der Waals surface area contributed by atoms with Crippen LogP contribution in [0.5, 0.6) is 11.9 Å². The van der Waals surface area contributed by atoms with E-state index in [0.717, 1.165) is 36.9 Å². The predicted octanol–water partition coefficient (Wildman–Crippen LogP) is 1.37. The van der Waals surface area contributed by atoms with E-state index >= 15 is 0 Å². The van der Waals surface area contributed by atoms with E-state index in [0.29, 0.717) is 12.4 Å². The van der Waals surface area contributed by atoms with Gasteiger partial charge in [-0.3, -0.25) is 4.90 Å². The first-order valence-corrected chi connectivity index (χ1v) is 8.23. The van der Waals surface area contributed by atoms with Gasteiger partial charge in [-0.15, -0.1) is 5.10 Å². The Morgan fingerprint density at radius 2 is 1.88 bits per heavy atom. The lowest BCUT2D eigenvalue weighted by Gasteiger charge is -2.29. The SMILES string of the molecule is COc1cc(Cn2cc(CN3CCC(C)CC3)nn2)nc(OC)n1. The second-order valence-electron chi connectivity index (χ2n) is 6.25. The molecule has 3 heterocycles. The first kappa shape index (κ1) is 16.6. The molecule has 0 radical (unpaired) electrons. The smallest absolute Gasteiger partial charge is 0.319 e. The quantitative estimate of drug-likeness (QED) is 0.790. The summed E-state index contributed by atoms with van der Waals surface area (Å²) in [6.07, 6.45) is 4.49. The molecule has 0 aromatic carbocycles. The normalized spacial score (nSPS) is 16.3. The average Bonchev–Trinajstić information content (AvgIpc) is 3.03. The van der Waals surface area contributed by atoms with E-state index in [9.17, 15) is 0 Å². The van der Waals surface area contributed by atoms with Crippen molar-refractivity contribution in [1.82, 2.24) is 29.9 Å². The van der Waals surface area contributed by atoms with E-state index in [4.69, 9.17) is 9.47 Å². The van der Waals surface area contributed by atoms with Gasteiger partial charge >= 0.3 is 6.01 Å². The van der Waals surface area contributed by atoms with Gasteiger partial charge in [0.15, 0.2) is 0 Å². The molecule has 8 heteroatoms. The van der Waals surface area contributed by atoms with Crippen molar-refractivity contribution >= 4 is 0 Å². The van der Waals surface area contributed by atoms with E-state index < -0.39 is 0 Å². The van der Waals surface area contributed by atoms with Gasteiger partial charge in [-0.1, -0.05) is 12.1 Å². The minimum Gasteiger partial charge on any atom is -0.481 e. The number of methoxy groups -OCH3 is 2. The van der Waals surface area contributed by atoms with Crippen molar-refractivity contribution < 1.29 is 9.47 Å². The van der Waals surface area contributed by atoms with Crippen LogP contribution >= 0.6 is 0 Å². The maximum Gasteiger partial charge on any atom is 0.319 e. The molecule has 0 N–H and O–H groups in total. The summed E-state index contributed by atoms with van der Waals surface area (Å²) in [6, 6.07) is 2.06. The van der Waals surface area contributed by atoms with Crippen molar-refractivity contribution in [3.05, 3.63) is 23.7 Å². The summed E-state index contributed by atoms with van der Waals surface area (Å²) in [5.74, 6) is 1.30. The second kappa shape index (κ2) is 7.57. The molecule has 3 rings (SSSR count). The van der Waals surface area contributed by atoms with Crippen LogP contribution in [0.25, 0.3) is 0 Å². The molecule has 130 valence electrons. The Morgan fingerprint density at radius 1 is 1.08 bits per heavy atom. The van der Waals surface area contributed by atoms with Crippen molar-refractivity contribution in [2.75, 3.05) is 27.3 Å². The van der Waals surface area contributed by atoms with E-state index in [-0.39, 0.29) is 6.01 Å². The highest BCUT2D eigenvalue weighted by molar-refractivity contribution is 5.18. The standard InChI is InChI=1S/C16H24N6O2/c1-12-4-6-21(7-5-12)9-14-11-22(20-19-14)10-13-8-15(23-2)18-16(17-13)24-3/h8,11-12H,4-7,9-10H2,1-3H3. The topological polar surface area (TPSA) is 78.2 Å². The third-order valence-electron chi connectivity index (χ3n) is 4.30. The number of ether oxygens (including phenoxy) is 2. The van der Waals surface area contributed by atoms with Gasteiger partial charge in [-0.25, -0.2) is 4.68 Å². The summed E-state index contributed by atoms with van der Waals surface area (Å²) >= 11 is 0. The summed E-state index contributed by atoms with van der Waals surface area (Å²) in [5, 5.41) is 8.48. The van der Waals surface area contributed by atoms with Crippen molar-refractivity contribution in [2.45, 2.75) is 32.9 Å². The molecule has 8 nitrogen and oxygen atoms in total. The Bertz CT molecular complexity index is 644. The van der Waals surface area contributed by atoms with Crippen LogP contribution < -0.4 is 9.47 Å². The van der Waals surface area contributed by atoms with Gasteiger partial charge in [0.25, 0.3) is 0 Å². The van der Waals surface area contributed by atoms with Gasteiger partial charge in [0.2, 0.25) is 5.88 Å². The fraction of sp³-hybridized carbons (Fsp3) is 0.625. The van der Waals surface area contributed by atoms with Crippen molar-refractivity contribution in [3.8, 4) is 11.9 Å². The molecule has 0 atom stereocenters. The van der Waals surface area contributed by atoms with Crippen LogP contribution in [0.2, 0.25) is 0 Å². The molecule has 0 saturated carbocycles. The zero-order valence-corrected chi connectivity index (χ0v) is 14.5. The third-order valence-corrected chi connectivity index (χ3v) is 4.30. The van der Waals surface area contributed by atoms with Gasteiger partial charge in [0, 0.05) is 12.6 Å². The van der Waals surface area contributed by atoms with Gasteiger partial charge in [-0.2, -0.15) is 9.97 Å². The lowest BCUT2D eigenvalue weighted by molar-refractivity contribution is 0.183. The zero-order chi connectivity index (χ0) is 16.9. The largest absolute Gasteiger partial charge is 0.481 e. The van der Waals surface area contributed by atoms with Gasteiger partial charge in [-0.05, 0) is 31.8 Å². The van der Waals surface area contributed by atoms with Crippen LogP contribution in [0, 0.1) is 5.92 Å². The average molecular weight is 332 g/mol. The summed E-state index contributed by atoms with van der Waals surface area (Å²) in [5.41, 5.74) is 1.75. The monoisotopic (exact) mass is 332 g/mol. The van der Waals surface area contributed by atoms with Crippen LogP contribution in [0.15, 0.2) is 12.3 Å². The minimum atomic E-state index is 0.284. The molecule has 2 aromatic rings. The molecular formula is C16H24N6O2. The van der Waals surface area contributed by atoms with Crippen molar-refractivity contribution in [3.63, 3.8) is 0 Å². The van der Waals surface area contributed by atoms with Gasteiger partial charge in [0.05, 0.1) is 38.3 Å². The molecular weight excluding hydrogens is 308 g/mol. The summed E-state index contributed by atoms with van der Waals surface area (Å²) in [6.45, 7) is 5.93. The molecule has 1 saturated heterocycles. The lowest BCUT2D eigenvalue weighted by Crippen LogP contribution is -2.32. The molecule has 0 bridgehead atoms. The number of nitrogens with zero attached hydrogens (tertiary/aromatic N) is 6. The Kier molecular flexibility index (Phi) is 5.24. The van der Waals surface area contributed by atoms with E-state index in [2.05, 4.69) is 32.1 Å². The summed E-state index contributed by atoms with van der Waals surface area (Å²) < 4.78 is 12.0. The van der Waals surface area contributed by atoms with Crippen LogP contribution in [-0.4, -0.2) is 57.2 Å². The van der Waals surface area contributed by atoms with Crippen LogP contribution in [0.4, 0.5) is 0 Å². The molecule has 2 aromatic heterocycles. The Hall–Kier alpha value is -2.22. The number of likely N-dealkylation sites (tertiary alicyclic amines) is 1.